The zero-order valence-corrected chi connectivity index (χ0v) is 20.1. The van der Waals surface area contributed by atoms with Crippen LogP contribution in [0, 0.1) is 27.7 Å². The predicted octanol–water partition coefficient (Wildman–Crippen LogP) is 2.97. The number of benzene rings is 1. The number of hydrogen-bond donors (Lipinski definition) is 1. The van der Waals surface area contributed by atoms with Gasteiger partial charge in [0.05, 0.1) is 24.3 Å². The molecule has 0 atom stereocenters. The molecule has 0 saturated carbocycles. The highest BCUT2D eigenvalue weighted by Gasteiger charge is 2.26. The van der Waals surface area contributed by atoms with Crippen LogP contribution in [0.5, 0.6) is 0 Å². The Morgan fingerprint density at radius 1 is 1.03 bits per heavy atom. The molecule has 1 fully saturated rings. The van der Waals surface area contributed by atoms with E-state index >= 15 is 0 Å². The molecule has 0 unspecified atom stereocenters. The summed E-state index contributed by atoms with van der Waals surface area (Å²) in [7, 11) is -3.57. The number of hydrogen-bond acceptors (Lipinski definition) is 7. The summed E-state index contributed by atoms with van der Waals surface area (Å²) in [4.78, 5) is 8.91. The molecule has 3 heterocycles. The second-order valence-corrected chi connectivity index (χ2v) is 9.96. The smallest absolute Gasteiger partial charge is 0.243 e. The van der Waals surface area contributed by atoms with Gasteiger partial charge in [-0.05, 0) is 58.0 Å². The van der Waals surface area contributed by atoms with E-state index < -0.39 is 10.0 Å². The summed E-state index contributed by atoms with van der Waals surface area (Å²) in [6, 6.07) is 10.9. The molecular weight excluding hydrogens is 440 g/mol. The van der Waals surface area contributed by atoms with Gasteiger partial charge in [0.2, 0.25) is 16.0 Å². The zero-order chi connectivity index (χ0) is 23.6. The summed E-state index contributed by atoms with van der Waals surface area (Å²) in [6.45, 7) is 9.34. The van der Waals surface area contributed by atoms with Crippen LogP contribution in [0.25, 0.3) is 5.69 Å². The minimum atomic E-state index is -3.57. The van der Waals surface area contributed by atoms with Crippen LogP contribution in [0.4, 0.5) is 5.95 Å². The Kier molecular flexibility index (Phi) is 6.59. The van der Waals surface area contributed by atoms with E-state index in [2.05, 4.69) is 20.5 Å². The maximum atomic E-state index is 13.1. The van der Waals surface area contributed by atoms with Crippen molar-refractivity contribution in [2.24, 2.45) is 5.10 Å². The summed E-state index contributed by atoms with van der Waals surface area (Å²) >= 11 is 0. The Bertz CT molecular complexity index is 1270. The quantitative estimate of drug-likeness (QED) is 0.441. The molecule has 3 aromatic rings. The third-order valence-electron chi connectivity index (χ3n) is 5.50. The highest BCUT2D eigenvalue weighted by Crippen LogP contribution is 2.24. The van der Waals surface area contributed by atoms with Gasteiger partial charge < -0.3 is 9.30 Å². The van der Waals surface area contributed by atoms with Crippen LogP contribution >= 0.6 is 0 Å². The molecule has 0 radical (unpaired) electrons. The number of anilines is 1. The number of ether oxygens (including phenoxy) is 1. The topological polar surface area (TPSA) is 102 Å². The largest absolute Gasteiger partial charge is 0.379 e. The molecule has 1 aromatic carbocycles. The van der Waals surface area contributed by atoms with E-state index in [-0.39, 0.29) is 4.90 Å². The van der Waals surface area contributed by atoms with Gasteiger partial charge in [0.1, 0.15) is 0 Å². The van der Waals surface area contributed by atoms with Gasteiger partial charge in [-0.1, -0.05) is 6.07 Å². The highest BCUT2D eigenvalue weighted by molar-refractivity contribution is 7.89. The maximum absolute atomic E-state index is 13.1. The third-order valence-corrected chi connectivity index (χ3v) is 7.40. The lowest BCUT2D eigenvalue weighted by Gasteiger charge is -2.26. The van der Waals surface area contributed by atoms with E-state index in [1.807, 2.05) is 50.5 Å². The molecule has 1 saturated heterocycles. The molecular formula is C23H28N6O3S. The summed E-state index contributed by atoms with van der Waals surface area (Å²) in [5.74, 6) is 0.443. The lowest BCUT2D eigenvalue weighted by Crippen LogP contribution is -2.40. The molecule has 2 aromatic heterocycles. The van der Waals surface area contributed by atoms with Gasteiger partial charge in [-0.2, -0.15) is 9.41 Å². The Morgan fingerprint density at radius 3 is 2.42 bits per heavy atom. The monoisotopic (exact) mass is 468 g/mol. The first-order valence-corrected chi connectivity index (χ1v) is 12.2. The van der Waals surface area contributed by atoms with Gasteiger partial charge in [0.15, 0.2) is 0 Å². The number of sulfonamides is 1. The van der Waals surface area contributed by atoms with E-state index in [4.69, 9.17) is 4.74 Å². The normalized spacial score (nSPS) is 15.3. The molecule has 4 rings (SSSR count). The fourth-order valence-electron chi connectivity index (χ4n) is 3.97. The van der Waals surface area contributed by atoms with Crippen molar-refractivity contribution in [1.29, 1.82) is 0 Å². The predicted molar refractivity (Wildman–Crippen MR) is 128 cm³/mol. The van der Waals surface area contributed by atoms with Crippen LogP contribution in [-0.2, 0) is 14.8 Å². The van der Waals surface area contributed by atoms with Gasteiger partial charge >= 0.3 is 0 Å². The lowest BCUT2D eigenvalue weighted by atomic mass is 10.2. The molecule has 0 spiro atoms. The van der Waals surface area contributed by atoms with Crippen molar-refractivity contribution in [3.63, 3.8) is 0 Å². The van der Waals surface area contributed by atoms with Crippen molar-refractivity contribution in [3.05, 3.63) is 64.7 Å². The van der Waals surface area contributed by atoms with Crippen LogP contribution in [-0.4, -0.2) is 59.8 Å². The Balaban J connectivity index is 1.60. The van der Waals surface area contributed by atoms with Gasteiger partial charge in [0, 0.05) is 47.1 Å². The summed E-state index contributed by atoms with van der Waals surface area (Å²) in [5, 5.41) is 4.29. The van der Waals surface area contributed by atoms with Gasteiger partial charge in [0.25, 0.3) is 0 Å². The van der Waals surface area contributed by atoms with E-state index in [1.165, 1.54) is 4.31 Å². The van der Waals surface area contributed by atoms with Crippen molar-refractivity contribution >= 4 is 22.2 Å². The number of hydrazone groups is 1. The number of morpholine rings is 1. The van der Waals surface area contributed by atoms with E-state index in [0.29, 0.717) is 32.3 Å². The van der Waals surface area contributed by atoms with Crippen molar-refractivity contribution in [2.75, 3.05) is 31.7 Å². The summed E-state index contributed by atoms with van der Waals surface area (Å²) in [6.07, 6.45) is 1.72. The van der Waals surface area contributed by atoms with E-state index in [1.54, 1.807) is 24.4 Å². The molecule has 1 aliphatic rings. The molecule has 0 amide bonds. The molecule has 9 nitrogen and oxygen atoms in total. The summed E-state index contributed by atoms with van der Waals surface area (Å²) < 4.78 is 35.0. The Labute approximate surface area is 194 Å². The summed E-state index contributed by atoms with van der Waals surface area (Å²) in [5.41, 5.74) is 8.22. The van der Waals surface area contributed by atoms with Crippen LogP contribution in [0.1, 0.15) is 28.3 Å². The Morgan fingerprint density at radius 2 is 1.73 bits per heavy atom. The van der Waals surface area contributed by atoms with Crippen molar-refractivity contribution in [1.82, 2.24) is 18.8 Å². The first kappa shape index (κ1) is 23.1. The van der Waals surface area contributed by atoms with Gasteiger partial charge in [-0.3, -0.25) is 0 Å². The van der Waals surface area contributed by atoms with Crippen molar-refractivity contribution in [2.45, 2.75) is 32.6 Å². The van der Waals surface area contributed by atoms with Crippen LogP contribution in [0.3, 0.4) is 0 Å². The SMILES string of the molecule is Cc1cc(C)nc(NN=Cc2cc(C)n(-c3cccc(S(=O)(=O)N4CCOCC4)c3)c2C)n1. The fraction of sp³-hybridized carbons (Fsp3) is 0.348. The molecule has 1 aliphatic heterocycles. The lowest BCUT2D eigenvalue weighted by molar-refractivity contribution is 0.0730. The van der Waals surface area contributed by atoms with Gasteiger partial charge in [-0.15, -0.1) is 0 Å². The highest BCUT2D eigenvalue weighted by atomic mass is 32.2. The molecule has 10 heteroatoms. The third kappa shape index (κ3) is 4.97. The number of nitrogens with one attached hydrogen (secondary N) is 1. The Hall–Kier alpha value is -3.08. The van der Waals surface area contributed by atoms with Crippen molar-refractivity contribution in [3.8, 4) is 5.69 Å². The number of rotatable bonds is 6. The average Bonchev–Trinajstić information content (AvgIpc) is 3.07. The second kappa shape index (κ2) is 9.42. The second-order valence-electron chi connectivity index (χ2n) is 8.02. The van der Waals surface area contributed by atoms with Crippen molar-refractivity contribution < 1.29 is 13.2 Å². The minimum Gasteiger partial charge on any atom is -0.379 e. The van der Waals surface area contributed by atoms with Crippen LogP contribution in [0.2, 0.25) is 0 Å². The number of aromatic nitrogens is 3. The van der Waals surface area contributed by atoms with Crippen LogP contribution in [0.15, 0.2) is 46.4 Å². The van der Waals surface area contributed by atoms with E-state index in [0.717, 1.165) is 34.0 Å². The molecule has 0 aliphatic carbocycles. The standard InChI is InChI=1S/C23H28N6O3S/c1-16-12-17(2)26-23(25-16)27-24-15-20-13-18(3)29(19(20)4)21-6-5-7-22(14-21)33(30,31)28-8-10-32-11-9-28/h5-7,12-15H,8-11H2,1-4H3,(H,25,26,27). The molecule has 1 N–H and O–H groups in total. The van der Waals surface area contributed by atoms with E-state index in [9.17, 15) is 8.42 Å². The number of aryl methyl sites for hydroxylation is 3. The minimum absolute atomic E-state index is 0.276. The molecule has 33 heavy (non-hydrogen) atoms. The van der Waals surface area contributed by atoms with Gasteiger partial charge in [-0.25, -0.2) is 23.8 Å². The average molecular weight is 469 g/mol. The van der Waals surface area contributed by atoms with Crippen LogP contribution < -0.4 is 5.43 Å². The fourth-order valence-corrected chi connectivity index (χ4v) is 5.42. The molecule has 0 bridgehead atoms. The first-order valence-electron chi connectivity index (χ1n) is 10.7. The first-order chi connectivity index (χ1) is 15.8. The zero-order valence-electron chi connectivity index (χ0n) is 19.2. The number of nitrogens with zero attached hydrogens (tertiary/aromatic N) is 5. The molecule has 174 valence electrons. The maximum Gasteiger partial charge on any atom is 0.243 e.